The van der Waals surface area contributed by atoms with E-state index in [1.807, 2.05) is 49.4 Å². The van der Waals surface area contributed by atoms with E-state index in [-0.39, 0.29) is 6.10 Å². The highest BCUT2D eigenvalue weighted by molar-refractivity contribution is 7.99. The Morgan fingerprint density at radius 2 is 1.67 bits per heavy atom. The van der Waals surface area contributed by atoms with Crippen molar-refractivity contribution >= 4 is 11.8 Å². The SMILES string of the molecule is CC[C@@H](O)c1ccc(Sc2ccc3c(c2)OCCO3)cc1. The summed E-state index contributed by atoms with van der Waals surface area (Å²) in [5, 5.41) is 9.81. The van der Waals surface area contributed by atoms with Crippen molar-refractivity contribution in [3.63, 3.8) is 0 Å². The van der Waals surface area contributed by atoms with E-state index in [1.165, 1.54) is 0 Å². The molecule has 4 heteroatoms. The van der Waals surface area contributed by atoms with Crippen LogP contribution in [0, 0.1) is 0 Å². The molecule has 3 nitrogen and oxygen atoms in total. The minimum Gasteiger partial charge on any atom is -0.486 e. The summed E-state index contributed by atoms with van der Waals surface area (Å²) in [6.45, 7) is 3.19. The number of hydrogen-bond acceptors (Lipinski definition) is 4. The lowest BCUT2D eigenvalue weighted by molar-refractivity contribution is 0.171. The van der Waals surface area contributed by atoms with Crippen molar-refractivity contribution in [2.24, 2.45) is 0 Å². The van der Waals surface area contributed by atoms with Crippen LogP contribution >= 0.6 is 11.8 Å². The Balaban J connectivity index is 1.74. The van der Waals surface area contributed by atoms with E-state index in [2.05, 4.69) is 0 Å². The zero-order valence-electron chi connectivity index (χ0n) is 11.9. The molecule has 0 aliphatic carbocycles. The summed E-state index contributed by atoms with van der Waals surface area (Å²) < 4.78 is 11.1. The van der Waals surface area contributed by atoms with Crippen molar-refractivity contribution in [3.8, 4) is 11.5 Å². The molecule has 0 amide bonds. The van der Waals surface area contributed by atoms with Crippen LogP contribution in [0.3, 0.4) is 0 Å². The smallest absolute Gasteiger partial charge is 0.162 e. The zero-order valence-corrected chi connectivity index (χ0v) is 12.7. The molecule has 1 N–H and O–H groups in total. The van der Waals surface area contributed by atoms with Crippen molar-refractivity contribution in [2.45, 2.75) is 29.2 Å². The molecule has 1 atom stereocenters. The molecule has 21 heavy (non-hydrogen) atoms. The molecule has 2 aromatic rings. The standard InChI is InChI=1S/C17H18O3S/c1-2-15(18)12-3-5-13(6-4-12)21-14-7-8-16-17(11-14)20-10-9-19-16/h3-8,11,15,18H,2,9-10H2,1H3/t15-/m1/s1. The fraction of sp³-hybridized carbons (Fsp3) is 0.294. The van der Waals surface area contributed by atoms with Crippen LogP contribution in [-0.2, 0) is 0 Å². The summed E-state index contributed by atoms with van der Waals surface area (Å²) in [5.74, 6) is 1.62. The molecule has 1 aliphatic rings. The van der Waals surface area contributed by atoms with Crippen molar-refractivity contribution in [1.29, 1.82) is 0 Å². The van der Waals surface area contributed by atoms with Crippen LogP contribution < -0.4 is 9.47 Å². The lowest BCUT2D eigenvalue weighted by Gasteiger charge is -2.18. The summed E-state index contributed by atoms with van der Waals surface area (Å²) in [4.78, 5) is 2.25. The highest BCUT2D eigenvalue weighted by Gasteiger charge is 2.12. The largest absolute Gasteiger partial charge is 0.486 e. The molecule has 0 unspecified atom stereocenters. The van der Waals surface area contributed by atoms with Gasteiger partial charge in [-0.3, -0.25) is 0 Å². The van der Waals surface area contributed by atoms with Gasteiger partial charge in [-0.1, -0.05) is 30.8 Å². The quantitative estimate of drug-likeness (QED) is 0.924. The number of aliphatic hydroxyl groups is 1. The highest BCUT2D eigenvalue weighted by Crippen LogP contribution is 2.37. The number of aliphatic hydroxyl groups excluding tert-OH is 1. The van der Waals surface area contributed by atoms with Crippen molar-refractivity contribution < 1.29 is 14.6 Å². The third-order valence-corrected chi connectivity index (χ3v) is 4.40. The Bertz CT molecular complexity index is 610. The molecule has 0 saturated heterocycles. The molecular formula is C17H18O3S. The van der Waals surface area contributed by atoms with E-state index in [0.29, 0.717) is 13.2 Å². The average molecular weight is 302 g/mol. The monoisotopic (exact) mass is 302 g/mol. The van der Waals surface area contributed by atoms with Crippen molar-refractivity contribution in [1.82, 2.24) is 0 Å². The molecule has 2 aromatic carbocycles. The van der Waals surface area contributed by atoms with Crippen LogP contribution in [0.15, 0.2) is 52.3 Å². The van der Waals surface area contributed by atoms with Crippen LogP contribution in [0.25, 0.3) is 0 Å². The van der Waals surface area contributed by atoms with Gasteiger partial charge >= 0.3 is 0 Å². The van der Waals surface area contributed by atoms with Crippen LogP contribution in [0.1, 0.15) is 25.0 Å². The Morgan fingerprint density at radius 1 is 1.00 bits per heavy atom. The average Bonchev–Trinajstić information content (AvgIpc) is 2.55. The summed E-state index contributed by atoms with van der Waals surface area (Å²) in [6, 6.07) is 14.0. The number of rotatable bonds is 4. The fourth-order valence-electron chi connectivity index (χ4n) is 2.22. The van der Waals surface area contributed by atoms with Crippen molar-refractivity contribution in [3.05, 3.63) is 48.0 Å². The first-order valence-corrected chi connectivity index (χ1v) is 7.93. The number of ether oxygens (including phenoxy) is 2. The summed E-state index contributed by atoms with van der Waals surface area (Å²) >= 11 is 1.67. The Hall–Kier alpha value is -1.65. The van der Waals surface area contributed by atoms with E-state index >= 15 is 0 Å². The molecule has 1 heterocycles. The van der Waals surface area contributed by atoms with Crippen LogP contribution in [0.4, 0.5) is 0 Å². The normalized spacial score (nSPS) is 14.8. The van der Waals surface area contributed by atoms with Crippen LogP contribution in [0.2, 0.25) is 0 Å². The van der Waals surface area contributed by atoms with E-state index in [0.717, 1.165) is 33.3 Å². The summed E-state index contributed by atoms with van der Waals surface area (Å²) in [7, 11) is 0. The number of fused-ring (bicyclic) bond motifs is 1. The molecule has 0 aromatic heterocycles. The highest BCUT2D eigenvalue weighted by atomic mass is 32.2. The second-order valence-corrected chi connectivity index (χ2v) is 6.05. The molecular weight excluding hydrogens is 284 g/mol. The maximum Gasteiger partial charge on any atom is 0.162 e. The second kappa shape index (κ2) is 6.41. The van der Waals surface area contributed by atoms with Gasteiger partial charge < -0.3 is 14.6 Å². The minimum absolute atomic E-state index is 0.377. The van der Waals surface area contributed by atoms with E-state index in [4.69, 9.17) is 9.47 Å². The van der Waals surface area contributed by atoms with Gasteiger partial charge in [0, 0.05) is 9.79 Å². The molecule has 1 aliphatic heterocycles. The van der Waals surface area contributed by atoms with Gasteiger partial charge in [0.1, 0.15) is 13.2 Å². The Kier molecular flexibility index (Phi) is 4.36. The third-order valence-electron chi connectivity index (χ3n) is 3.40. The van der Waals surface area contributed by atoms with Gasteiger partial charge in [-0.25, -0.2) is 0 Å². The van der Waals surface area contributed by atoms with Gasteiger partial charge in [0.25, 0.3) is 0 Å². The number of benzene rings is 2. The van der Waals surface area contributed by atoms with Gasteiger partial charge in [-0.15, -0.1) is 0 Å². The molecule has 0 saturated carbocycles. The van der Waals surface area contributed by atoms with Gasteiger partial charge in [-0.2, -0.15) is 0 Å². The lowest BCUT2D eigenvalue weighted by atomic mass is 10.1. The third kappa shape index (κ3) is 3.34. The molecule has 0 radical (unpaired) electrons. The van der Waals surface area contributed by atoms with E-state index in [1.54, 1.807) is 11.8 Å². The molecule has 0 fully saturated rings. The second-order valence-electron chi connectivity index (χ2n) is 4.90. The predicted octanol–water partition coefficient (Wildman–Crippen LogP) is 4.05. The summed E-state index contributed by atoms with van der Waals surface area (Å²) in [6.07, 6.45) is 0.354. The Labute approximate surface area is 128 Å². The molecule has 0 spiro atoms. The fourth-order valence-corrected chi connectivity index (χ4v) is 3.06. The summed E-state index contributed by atoms with van der Waals surface area (Å²) in [5.41, 5.74) is 0.962. The van der Waals surface area contributed by atoms with Crippen molar-refractivity contribution in [2.75, 3.05) is 13.2 Å². The predicted molar refractivity (Wildman–Crippen MR) is 83.2 cm³/mol. The van der Waals surface area contributed by atoms with Crippen LogP contribution in [-0.4, -0.2) is 18.3 Å². The van der Waals surface area contributed by atoms with E-state index in [9.17, 15) is 5.11 Å². The van der Waals surface area contributed by atoms with Gasteiger partial charge in [-0.05, 0) is 42.3 Å². The first kappa shape index (κ1) is 14.3. The van der Waals surface area contributed by atoms with Gasteiger partial charge in [0.2, 0.25) is 0 Å². The number of hydrogen-bond donors (Lipinski definition) is 1. The first-order valence-electron chi connectivity index (χ1n) is 7.12. The van der Waals surface area contributed by atoms with Gasteiger partial charge in [0.15, 0.2) is 11.5 Å². The maximum atomic E-state index is 9.81. The maximum absolute atomic E-state index is 9.81. The Morgan fingerprint density at radius 3 is 2.38 bits per heavy atom. The van der Waals surface area contributed by atoms with Crippen LogP contribution in [0.5, 0.6) is 11.5 Å². The molecule has 3 rings (SSSR count). The van der Waals surface area contributed by atoms with E-state index < -0.39 is 0 Å². The minimum atomic E-state index is -0.377. The molecule has 110 valence electrons. The first-order chi connectivity index (χ1) is 10.3. The topological polar surface area (TPSA) is 38.7 Å². The zero-order chi connectivity index (χ0) is 14.7. The molecule has 0 bridgehead atoms. The van der Waals surface area contributed by atoms with Gasteiger partial charge in [0.05, 0.1) is 6.10 Å². The lowest BCUT2D eigenvalue weighted by Crippen LogP contribution is -2.15.